The Hall–Kier alpha value is -1.58. The van der Waals surface area contributed by atoms with Gasteiger partial charge in [0.25, 0.3) is 5.56 Å². The van der Waals surface area contributed by atoms with E-state index in [4.69, 9.17) is 0 Å². The van der Waals surface area contributed by atoms with E-state index in [0.717, 1.165) is 36.3 Å². The van der Waals surface area contributed by atoms with Crippen LogP contribution in [0.25, 0.3) is 5.65 Å². The summed E-state index contributed by atoms with van der Waals surface area (Å²) in [6.45, 7) is 4.14. The van der Waals surface area contributed by atoms with Crippen molar-refractivity contribution in [2.45, 2.75) is 33.1 Å². The van der Waals surface area contributed by atoms with Crippen LogP contribution in [0.1, 0.15) is 31.7 Å². The summed E-state index contributed by atoms with van der Waals surface area (Å²) in [5, 5.41) is 4.46. The molecule has 80 valence electrons. The zero-order chi connectivity index (χ0) is 10.8. The zero-order valence-electron chi connectivity index (χ0n) is 9.08. The first kappa shape index (κ1) is 9.96. The van der Waals surface area contributed by atoms with Gasteiger partial charge in [0.15, 0.2) is 0 Å². The molecule has 2 heterocycles. The number of aryl methyl sites for hydroxylation is 2. The molecule has 0 aliphatic carbocycles. The SMILES string of the molecule is CCCc1cc2[nH]c(=O)cc(CC)n2n1. The lowest BCUT2D eigenvalue weighted by molar-refractivity contribution is 0.794. The highest BCUT2D eigenvalue weighted by atomic mass is 16.1. The summed E-state index contributed by atoms with van der Waals surface area (Å²) in [5.74, 6) is 0. The maximum Gasteiger partial charge on any atom is 0.251 e. The van der Waals surface area contributed by atoms with E-state index in [1.54, 1.807) is 6.07 Å². The molecule has 0 unspecified atom stereocenters. The lowest BCUT2D eigenvalue weighted by Gasteiger charge is -1.99. The number of fused-ring (bicyclic) bond motifs is 1. The molecular weight excluding hydrogens is 190 g/mol. The van der Waals surface area contributed by atoms with E-state index in [2.05, 4.69) is 17.0 Å². The van der Waals surface area contributed by atoms with Crippen molar-refractivity contribution in [2.75, 3.05) is 0 Å². The van der Waals surface area contributed by atoms with Crippen molar-refractivity contribution >= 4 is 5.65 Å². The number of nitrogens with one attached hydrogen (secondary N) is 1. The molecule has 0 aliphatic heterocycles. The molecule has 4 nitrogen and oxygen atoms in total. The Kier molecular flexibility index (Phi) is 2.58. The molecule has 2 aromatic rings. The minimum Gasteiger partial charge on any atom is -0.307 e. The fourth-order valence-electron chi connectivity index (χ4n) is 1.74. The Bertz CT molecular complexity index is 524. The van der Waals surface area contributed by atoms with Crippen molar-refractivity contribution in [3.8, 4) is 0 Å². The molecule has 0 saturated carbocycles. The van der Waals surface area contributed by atoms with Crippen LogP contribution in [0.5, 0.6) is 0 Å². The number of hydrogen-bond acceptors (Lipinski definition) is 2. The molecule has 15 heavy (non-hydrogen) atoms. The number of hydrogen-bond donors (Lipinski definition) is 1. The third-order valence-corrected chi connectivity index (χ3v) is 2.45. The van der Waals surface area contributed by atoms with Crippen molar-refractivity contribution in [1.82, 2.24) is 14.6 Å². The summed E-state index contributed by atoms with van der Waals surface area (Å²) in [6.07, 6.45) is 2.83. The van der Waals surface area contributed by atoms with Gasteiger partial charge >= 0.3 is 0 Å². The van der Waals surface area contributed by atoms with Crippen LogP contribution in [0.3, 0.4) is 0 Å². The van der Waals surface area contributed by atoms with Gasteiger partial charge < -0.3 is 4.98 Å². The molecule has 0 aromatic carbocycles. The van der Waals surface area contributed by atoms with E-state index in [1.807, 2.05) is 17.5 Å². The summed E-state index contributed by atoms with van der Waals surface area (Å²) in [4.78, 5) is 14.1. The molecule has 0 spiro atoms. The van der Waals surface area contributed by atoms with Crippen LogP contribution in [0.4, 0.5) is 0 Å². The average Bonchev–Trinajstić information content (AvgIpc) is 2.59. The lowest BCUT2D eigenvalue weighted by Crippen LogP contribution is -2.11. The van der Waals surface area contributed by atoms with Crippen LogP contribution in [0, 0.1) is 0 Å². The fraction of sp³-hybridized carbons (Fsp3) is 0.455. The molecule has 0 bridgehead atoms. The maximum atomic E-state index is 11.3. The number of aromatic amines is 1. The second-order valence-electron chi connectivity index (χ2n) is 3.66. The van der Waals surface area contributed by atoms with Crippen molar-refractivity contribution in [3.05, 3.63) is 33.9 Å². The van der Waals surface area contributed by atoms with Gasteiger partial charge in [0.05, 0.1) is 5.69 Å². The molecule has 0 amide bonds. The standard InChI is InChI=1S/C11H15N3O/c1-3-5-8-6-10-12-11(15)7-9(4-2)14(10)13-8/h6-7H,3-5H2,1-2H3,(H,12,15). The van der Waals surface area contributed by atoms with Crippen LogP contribution in [0.2, 0.25) is 0 Å². The molecule has 0 atom stereocenters. The van der Waals surface area contributed by atoms with Crippen molar-refractivity contribution in [1.29, 1.82) is 0 Å². The smallest absolute Gasteiger partial charge is 0.251 e. The Morgan fingerprint density at radius 3 is 2.87 bits per heavy atom. The lowest BCUT2D eigenvalue weighted by atomic mass is 10.2. The highest BCUT2D eigenvalue weighted by Crippen LogP contribution is 2.07. The van der Waals surface area contributed by atoms with Crippen molar-refractivity contribution in [3.63, 3.8) is 0 Å². The minimum atomic E-state index is -0.0534. The molecule has 0 aliphatic rings. The summed E-state index contributed by atoms with van der Waals surface area (Å²) in [6, 6.07) is 3.56. The highest BCUT2D eigenvalue weighted by Gasteiger charge is 2.05. The monoisotopic (exact) mass is 205 g/mol. The molecular formula is C11H15N3O. The van der Waals surface area contributed by atoms with Gasteiger partial charge in [0, 0.05) is 17.8 Å². The third-order valence-electron chi connectivity index (χ3n) is 2.45. The quantitative estimate of drug-likeness (QED) is 0.826. The molecule has 1 N–H and O–H groups in total. The number of rotatable bonds is 3. The van der Waals surface area contributed by atoms with Gasteiger partial charge in [-0.2, -0.15) is 5.10 Å². The Balaban J connectivity index is 2.63. The molecule has 4 heteroatoms. The van der Waals surface area contributed by atoms with Gasteiger partial charge in [-0.15, -0.1) is 0 Å². The number of H-pyrrole nitrogens is 1. The molecule has 2 aromatic heterocycles. The zero-order valence-corrected chi connectivity index (χ0v) is 9.08. The third kappa shape index (κ3) is 1.79. The van der Waals surface area contributed by atoms with Gasteiger partial charge in [-0.1, -0.05) is 20.3 Å². The highest BCUT2D eigenvalue weighted by molar-refractivity contribution is 5.40. The van der Waals surface area contributed by atoms with Crippen molar-refractivity contribution in [2.24, 2.45) is 0 Å². The van der Waals surface area contributed by atoms with Gasteiger partial charge in [-0.05, 0) is 12.8 Å². The molecule has 0 saturated heterocycles. The van der Waals surface area contributed by atoms with Crippen LogP contribution in [-0.2, 0) is 12.8 Å². The van der Waals surface area contributed by atoms with Crippen LogP contribution in [-0.4, -0.2) is 14.6 Å². The molecule has 0 fully saturated rings. The van der Waals surface area contributed by atoms with E-state index < -0.39 is 0 Å². The largest absolute Gasteiger partial charge is 0.307 e. The second-order valence-corrected chi connectivity index (χ2v) is 3.66. The second kappa shape index (κ2) is 3.88. The van der Waals surface area contributed by atoms with E-state index in [9.17, 15) is 4.79 Å². The first-order valence-corrected chi connectivity index (χ1v) is 5.35. The van der Waals surface area contributed by atoms with Gasteiger partial charge in [-0.3, -0.25) is 4.79 Å². The average molecular weight is 205 g/mol. The predicted octanol–water partition coefficient (Wildman–Crippen LogP) is 1.54. The first-order chi connectivity index (χ1) is 7.24. The van der Waals surface area contributed by atoms with E-state index in [1.165, 1.54) is 0 Å². The van der Waals surface area contributed by atoms with Gasteiger partial charge in [0.1, 0.15) is 5.65 Å². The molecule has 0 radical (unpaired) electrons. The minimum absolute atomic E-state index is 0.0534. The van der Waals surface area contributed by atoms with Crippen LogP contribution < -0.4 is 5.56 Å². The van der Waals surface area contributed by atoms with Crippen LogP contribution in [0.15, 0.2) is 16.9 Å². The van der Waals surface area contributed by atoms with Crippen molar-refractivity contribution < 1.29 is 0 Å². The van der Waals surface area contributed by atoms with E-state index in [-0.39, 0.29) is 5.56 Å². The Morgan fingerprint density at radius 2 is 2.20 bits per heavy atom. The molecule has 2 rings (SSSR count). The van der Waals surface area contributed by atoms with Gasteiger partial charge in [-0.25, -0.2) is 4.52 Å². The predicted molar refractivity (Wildman–Crippen MR) is 59.2 cm³/mol. The summed E-state index contributed by atoms with van der Waals surface area (Å²) in [7, 11) is 0. The summed E-state index contributed by atoms with van der Waals surface area (Å²) < 4.78 is 1.83. The van der Waals surface area contributed by atoms with E-state index in [0.29, 0.717) is 0 Å². The summed E-state index contributed by atoms with van der Waals surface area (Å²) in [5.41, 5.74) is 2.73. The maximum absolute atomic E-state index is 11.3. The number of nitrogens with zero attached hydrogens (tertiary/aromatic N) is 2. The fourth-order valence-corrected chi connectivity index (χ4v) is 1.74. The van der Waals surface area contributed by atoms with Crippen LogP contribution >= 0.6 is 0 Å². The van der Waals surface area contributed by atoms with Gasteiger partial charge in [0.2, 0.25) is 0 Å². The first-order valence-electron chi connectivity index (χ1n) is 5.35. The van der Waals surface area contributed by atoms with E-state index >= 15 is 0 Å². The topological polar surface area (TPSA) is 50.2 Å². The Labute approximate surface area is 87.9 Å². The summed E-state index contributed by atoms with van der Waals surface area (Å²) >= 11 is 0. The number of aromatic nitrogens is 3. The normalized spacial score (nSPS) is 11.1. The Morgan fingerprint density at radius 1 is 1.40 bits per heavy atom.